The van der Waals surface area contributed by atoms with Crippen molar-refractivity contribution < 1.29 is 4.79 Å². The van der Waals surface area contributed by atoms with Gasteiger partial charge in [-0.3, -0.25) is 9.78 Å². The van der Waals surface area contributed by atoms with Gasteiger partial charge in [-0.2, -0.15) is 0 Å². The smallest absolute Gasteiger partial charge is 0.270 e. The van der Waals surface area contributed by atoms with Crippen LogP contribution in [0, 0.1) is 0 Å². The third-order valence-corrected chi connectivity index (χ3v) is 5.23. The van der Waals surface area contributed by atoms with Crippen molar-refractivity contribution in [2.45, 2.75) is 31.7 Å². The predicted octanol–water partition coefficient (Wildman–Crippen LogP) is 3.64. The van der Waals surface area contributed by atoms with Gasteiger partial charge >= 0.3 is 0 Å². The SMILES string of the molecule is O=C(c1cc2ccc(C3CC3)cc2[nH]1)N1CCc2cnccc2C1. The number of carbonyl (C=O) groups excluding carboxylic acids is 1. The van der Waals surface area contributed by atoms with Crippen molar-refractivity contribution in [3.63, 3.8) is 0 Å². The summed E-state index contributed by atoms with van der Waals surface area (Å²) >= 11 is 0. The fourth-order valence-corrected chi connectivity index (χ4v) is 3.65. The normalized spacial score (nSPS) is 17.1. The standard InChI is InChI=1S/C20H19N3O/c24-20(23-8-6-16-11-21-7-5-17(16)12-23)19-10-15-4-3-14(13-1-2-13)9-18(15)22-19/h3-5,7,9-11,13,22H,1-2,6,8,12H2. The maximum Gasteiger partial charge on any atom is 0.270 e. The molecule has 3 heterocycles. The van der Waals surface area contributed by atoms with Crippen LogP contribution in [0.2, 0.25) is 0 Å². The van der Waals surface area contributed by atoms with Crippen molar-refractivity contribution in [3.8, 4) is 0 Å². The van der Waals surface area contributed by atoms with Crippen LogP contribution in [0.15, 0.2) is 42.7 Å². The monoisotopic (exact) mass is 317 g/mol. The van der Waals surface area contributed by atoms with Crippen molar-refractivity contribution in [2.24, 2.45) is 0 Å². The third-order valence-electron chi connectivity index (χ3n) is 5.23. The number of aromatic nitrogens is 2. The second-order valence-electron chi connectivity index (χ2n) is 6.93. The molecule has 0 bridgehead atoms. The number of H-pyrrole nitrogens is 1. The zero-order chi connectivity index (χ0) is 16.1. The van der Waals surface area contributed by atoms with Crippen LogP contribution in [0.4, 0.5) is 0 Å². The molecule has 4 nitrogen and oxygen atoms in total. The zero-order valence-corrected chi connectivity index (χ0v) is 13.5. The number of pyridine rings is 1. The summed E-state index contributed by atoms with van der Waals surface area (Å²) in [6.45, 7) is 1.42. The first kappa shape index (κ1) is 13.8. The van der Waals surface area contributed by atoms with Crippen molar-refractivity contribution in [1.29, 1.82) is 0 Å². The Morgan fingerprint density at radius 1 is 1.17 bits per heavy atom. The molecule has 5 rings (SSSR count). The molecule has 1 amide bonds. The van der Waals surface area contributed by atoms with Gasteiger partial charge in [-0.05, 0) is 60.1 Å². The number of nitrogens with zero attached hydrogens (tertiary/aromatic N) is 2. The Hall–Kier alpha value is -2.62. The second kappa shape index (κ2) is 5.20. The van der Waals surface area contributed by atoms with Crippen molar-refractivity contribution in [1.82, 2.24) is 14.9 Å². The molecule has 0 spiro atoms. The zero-order valence-electron chi connectivity index (χ0n) is 13.5. The fourth-order valence-electron chi connectivity index (χ4n) is 3.65. The molecule has 1 aromatic carbocycles. The van der Waals surface area contributed by atoms with Crippen LogP contribution in [-0.4, -0.2) is 27.3 Å². The highest BCUT2D eigenvalue weighted by Crippen LogP contribution is 2.40. The summed E-state index contributed by atoms with van der Waals surface area (Å²) in [5.41, 5.74) is 5.62. The topological polar surface area (TPSA) is 49.0 Å². The van der Waals surface area contributed by atoms with E-state index in [1.165, 1.54) is 29.5 Å². The van der Waals surface area contributed by atoms with Gasteiger partial charge in [0.25, 0.3) is 5.91 Å². The summed E-state index contributed by atoms with van der Waals surface area (Å²) in [5.74, 6) is 0.811. The van der Waals surface area contributed by atoms with E-state index in [0.29, 0.717) is 12.2 Å². The maximum absolute atomic E-state index is 12.9. The van der Waals surface area contributed by atoms with Crippen LogP contribution in [0.1, 0.15) is 45.9 Å². The highest BCUT2D eigenvalue weighted by molar-refractivity contribution is 5.98. The number of hydrogen-bond donors (Lipinski definition) is 1. The second-order valence-corrected chi connectivity index (χ2v) is 6.93. The van der Waals surface area contributed by atoms with E-state index in [1.807, 2.05) is 23.2 Å². The fraction of sp³-hybridized carbons (Fsp3) is 0.300. The average molecular weight is 317 g/mol. The molecule has 0 saturated heterocycles. The molecule has 0 atom stereocenters. The van der Waals surface area contributed by atoms with Crippen LogP contribution in [-0.2, 0) is 13.0 Å². The molecule has 3 aromatic rings. The van der Waals surface area contributed by atoms with E-state index in [-0.39, 0.29) is 5.91 Å². The van der Waals surface area contributed by atoms with Gasteiger partial charge in [0.05, 0.1) is 0 Å². The van der Waals surface area contributed by atoms with Crippen LogP contribution in [0.3, 0.4) is 0 Å². The summed E-state index contributed by atoms with van der Waals surface area (Å²) in [4.78, 5) is 22.3. The molecule has 120 valence electrons. The van der Waals surface area contributed by atoms with E-state index in [0.717, 1.165) is 29.8 Å². The molecule has 1 saturated carbocycles. The summed E-state index contributed by atoms with van der Waals surface area (Å²) in [6, 6.07) is 10.5. The molecule has 2 aromatic heterocycles. The Balaban J connectivity index is 1.43. The molecule has 0 unspecified atom stereocenters. The molecule has 1 N–H and O–H groups in total. The lowest BCUT2D eigenvalue weighted by molar-refractivity contribution is 0.0729. The highest BCUT2D eigenvalue weighted by Gasteiger charge is 2.25. The molecule has 1 aliphatic heterocycles. The van der Waals surface area contributed by atoms with E-state index in [1.54, 1.807) is 6.20 Å². The summed E-state index contributed by atoms with van der Waals surface area (Å²) in [7, 11) is 0. The number of aromatic amines is 1. The lowest BCUT2D eigenvalue weighted by atomic mass is 10.0. The molecular weight excluding hydrogens is 298 g/mol. The molecule has 0 radical (unpaired) electrons. The van der Waals surface area contributed by atoms with Crippen LogP contribution in [0.5, 0.6) is 0 Å². The average Bonchev–Trinajstić information content (AvgIpc) is 3.39. The first-order chi connectivity index (χ1) is 11.8. The van der Waals surface area contributed by atoms with Crippen molar-refractivity contribution in [2.75, 3.05) is 6.54 Å². The largest absolute Gasteiger partial charge is 0.351 e. The molecule has 1 aliphatic carbocycles. The minimum absolute atomic E-state index is 0.0848. The lowest BCUT2D eigenvalue weighted by Crippen LogP contribution is -2.36. The maximum atomic E-state index is 12.9. The first-order valence-corrected chi connectivity index (χ1v) is 8.61. The summed E-state index contributed by atoms with van der Waals surface area (Å²) in [6.07, 6.45) is 7.18. The van der Waals surface area contributed by atoms with Gasteiger partial charge in [0.2, 0.25) is 0 Å². The molecule has 2 aliphatic rings. The number of rotatable bonds is 2. The predicted molar refractivity (Wildman–Crippen MR) is 93.0 cm³/mol. The van der Waals surface area contributed by atoms with E-state index in [9.17, 15) is 4.79 Å². The van der Waals surface area contributed by atoms with Crippen LogP contribution in [0.25, 0.3) is 10.9 Å². The van der Waals surface area contributed by atoms with Crippen molar-refractivity contribution in [3.05, 3.63) is 65.1 Å². The van der Waals surface area contributed by atoms with Gasteiger partial charge in [0, 0.05) is 36.4 Å². The lowest BCUT2D eigenvalue weighted by Gasteiger charge is -2.28. The van der Waals surface area contributed by atoms with E-state index in [4.69, 9.17) is 0 Å². The molecule has 4 heteroatoms. The molecule has 1 fully saturated rings. The number of amides is 1. The Labute approximate surface area is 140 Å². The number of hydrogen-bond acceptors (Lipinski definition) is 2. The van der Waals surface area contributed by atoms with Crippen molar-refractivity contribution >= 4 is 16.8 Å². The van der Waals surface area contributed by atoms with Gasteiger partial charge in [0.15, 0.2) is 0 Å². The minimum Gasteiger partial charge on any atom is -0.351 e. The van der Waals surface area contributed by atoms with Gasteiger partial charge in [-0.15, -0.1) is 0 Å². The Kier molecular flexibility index (Phi) is 2.98. The Bertz CT molecular complexity index is 939. The molecule has 24 heavy (non-hydrogen) atoms. The van der Waals surface area contributed by atoms with Crippen LogP contribution >= 0.6 is 0 Å². The Morgan fingerprint density at radius 2 is 2.08 bits per heavy atom. The highest BCUT2D eigenvalue weighted by atomic mass is 16.2. The number of benzene rings is 1. The van der Waals surface area contributed by atoms with Gasteiger partial charge in [-0.25, -0.2) is 0 Å². The Morgan fingerprint density at radius 3 is 2.96 bits per heavy atom. The first-order valence-electron chi connectivity index (χ1n) is 8.61. The van der Waals surface area contributed by atoms with E-state index >= 15 is 0 Å². The third kappa shape index (κ3) is 2.30. The number of carbonyl (C=O) groups is 1. The van der Waals surface area contributed by atoms with E-state index < -0.39 is 0 Å². The van der Waals surface area contributed by atoms with Gasteiger partial charge in [0.1, 0.15) is 5.69 Å². The molecular formula is C20H19N3O. The van der Waals surface area contributed by atoms with Crippen LogP contribution < -0.4 is 0 Å². The minimum atomic E-state index is 0.0848. The van der Waals surface area contributed by atoms with E-state index in [2.05, 4.69) is 28.2 Å². The summed E-state index contributed by atoms with van der Waals surface area (Å²) < 4.78 is 0. The number of nitrogens with one attached hydrogen (secondary N) is 1. The van der Waals surface area contributed by atoms with Gasteiger partial charge < -0.3 is 9.88 Å². The summed E-state index contributed by atoms with van der Waals surface area (Å²) in [5, 5.41) is 1.12. The number of fused-ring (bicyclic) bond motifs is 2. The quantitative estimate of drug-likeness (QED) is 0.784. The van der Waals surface area contributed by atoms with Gasteiger partial charge in [-0.1, -0.05) is 12.1 Å².